The molecular weight excluding hydrogens is 500 g/mol. The first-order valence-electron chi connectivity index (χ1n) is 11.3. The van der Waals surface area contributed by atoms with Crippen molar-refractivity contribution in [3.63, 3.8) is 0 Å². The van der Waals surface area contributed by atoms with Crippen LogP contribution in [0.25, 0.3) is 0 Å². The quantitative estimate of drug-likeness (QED) is 0.572. The lowest BCUT2D eigenvalue weighted by molar-refractivity contribution is -0.193. The van der Waals surface area contributed by atoms with Crippen LogP contribution >= 0.6 is 0 Å². The third-order valence-corrected chi connectivity index (χ3v) is 5.92. The topological polar surface area (TPSA) is 103 Å². The van der Waals surface area contributed by atoms with Gasteiger partial charge < -0.3 is 19.8 Å². The monoisotopic (exact) mass is 529 g/mol. The molecule has 14 heteroatoms. The van der Waals surface area contributed by atoms with Crippen molar-refractivity contribution in [1.82, 2.24) is 14.8 Å². The van der Waals surface area contributed by atoms with Gasteiger partial charge in [-0.1, -0.05) is 6.07 Å². The number of aromatic nitrogens is 1. The van der Waals surface area contributed by atoms with Crippen LogP contribution in [-0.2, 0) is 20.9 Å². The second kappa shape index (κ2) is 12.7. The summed E-state index contributed by atoms with van der Waals surface area (Å²) in [7, 11) is 0. The summed E-state index contributed by atoms with van der Waals surface area (Å²) >= 11 is 0. The van der Waals surface area contributed by atoms with Crippen LogP contribution in [0.4, 0.5) is 26.3 Å². The van der Waals surface area contributed by atoms with E-state index in [2.05, 4.69) is 20.9 Å². The molecule has 204 valence electrons. The third-order valence-electron chi connectivity index (χ3n) is 5.92. The Morgan fingerprint density at radius 1 is 1.00 bits per heavy atom. The van der Waals surface area contributed by atoms with E-state index in [1.807, 2.05) is 18.5 Å². The van der Waals surface area contributed by atoms with Gasteiger partial charge in [-0.15, -0.1) is 0 Å². The molecule has 0 radical (unpaired) electrons. The molecule has 0 aromatic carbocycles. The van der Waals surface area contributed by atoms with Crippen molar-refractivity contribution >= 4 is 11.9 Å². The van der Waals surface area contributed by atoms with Gasteiger partial charge in [0.1, 0.15) is 0 Å². The molecule has 0 amide bonds. The van der Waals surface area contributed by atoms with E-state index in [0.29, 0.717) is 0 Å². The number of carboxylic acid groups (broad SMARTS) is 2. The van der Waals surface area contributed by atoms with Gasteiger partial charge in [0.25, 0.3) is 0 Å². The number of nitrogens with zero attached hydrogens (tertiary/aromatic N) is 3. The first-order valence-corrected chi connectivity index (χ1v) is 11.3. The highest BCUT2D eigenvalue weighted by Gasteiger charge is 2.41. The van der Waals surface area contributed by atoms with Crippen molar-refractivity contribution in [2.24, 2.45) is 5.92 Å². The molecule has 0 atom stereocenters. The first kappa shape index (κ1) is 29.8. The number of hydrogen-bond acceptors (Lipinski definition) is 6. The molecule has 3 fully saturated rings. The minimum Gasteiger partial charge on any atom is -0.475 e. The zero-order valence-electron chi connectivity index (χ0n) is 19.4. The fourth-order valence-corrected chi connectivity index (χ4v) is 3.92. The second-order valence-electron chi connectivity index (χ2n) is 8.95. The summed E-state index contributed by atoms with van der Waals surface area (Å²) in [5, 5.41) is 14.2. The summed E-state index contributed by atoms with van der Waals surface area (Å²) in [6.45, 7) is 7.78. The highest BCUT2D eigenvalue weighted by molar-refractivity contribution is 5.73. The van der Waals surface area contributed by atoms with Gasteiger partial charge in [-0.2, -0.15) is 26.3 Å². The fraction of sp³-hybridized carbons (Fsp3) is 0.682. The summed E-state index contributed by atoms with van der Waals surface area (Å²) in [6, 6.07) is 4.20. The number of piperidine rings is 1. The van der Waals surface area contributed by atoms with E-state index in [0.717, 1.165) is 32.2 Å². The predicted molar refractivity (Wildman–Crippen MR) is 114 cm³/mol. The smallest absolute Gasteiger partial charge is 0.475 e. The van der Waals surface area contributed by atoms with Crippen LogP contribution in [0.3, 0.4) is 0 Å². The molecule has 3 heterocycles. The molecule has 0 unspecified atom stereocenters. The van der Waals surface area contributed by atoms with E-state index in [1.165, 1.54) is 50.9 Å². The van der Waals surface area contributed by atoms with Gasteiger partial charge >= 0.3 is 24.3 Å². The Morgan fingerprint density at radius 2 is 1.56 bits per heavy atom. The zero-order valence-corrected chi connectivity index (χ0v) is 19.4. The Balaban J connectivity index is 0.000000271. The summed E-state index contributed by atoms with van der Waals surface area (Å²) < 4.78 is 69.7. The Labute approximate surface area is 203 Å². The van der Waals surface area contributed by atoms with Gasteiger partial charge in [0.2, 0.25) is 0 Å². The number of carbonyl (C=O) groups is 2. The summed E-state index contributed by atoms with van der Waals surface area (Å²) in [6.07, 6.45) is -1.03. The number of likely N-dealkylation sites (tertiary alicyclic amines) is 1. The van der Waals surface area contributed by atoms with Gasteiger partial charge in [0, 0.05) is 51.7 Å². The predicted octanol–water partition coefficient (Wildman–Crippen LogP) is 3.43. The van der Waals surface area contributed by atoms with Gasteiger partial charge in [-0.05, 0) is 43.2 Å². The largest absolute Gasteiger partial charge is 0.490 e. The van der Waals surface area contributed by atoms with Gasteiger partial charge in [0.05, 0.1) is 12.2 Å². The maximum absolute atomic E-state index is 10.6. The molecule has 0 bridgehead atoms. The van der Waals surface area contributed by atoms with Crippen LogP contribution < -0.4 is 0 Å². The van der Waals surface area contributed by atoms with E-state index in [1.54, 1.807) is 0 Å². The molecule has 1 aromatic rings. The Hall–Kier alpha value is -2.45. The summed E-state index contributed by atoms with van der Waals surface area (Å²) in [4.78, 5) is 27.2. The number of rotatable bonds is 4. The maximum atomic E-state index is 10.6. The second-order valence-corrected chi connectivity index (χ2v) is 8.95. The molecule has 8 nitrogen and oxygen atoms in total. The van der Waals surface area contributed by atoms with Crippen LogP contribution in [0.2, 0.25) is 0 Å². The molecule has 1 aliphatic carbocycles. The number of alkyl halides is 6. The molecular formula is C22H29F6N3O5. The lowest BCUT2D eigenvalue weighted by atomic mass is 9.89. The van der Waals surface area contributed by atoms with E-state index in [-0.39, 0.29) is 5.60 Å². The van der Waals surface area contributed by atoms with Gasteiger partial charge in [-0.3, -0.25) is 9.88 Å². The number of morpholine rings is 1. The Morgan fingerprint density at radius 3 is 2.00 bits per heavy atom. The number of carboxylic acids is 2. The number of pyridine rings is 1. The fourth-order valence-electron chi connectivity index (χ4n) is 3.92. The van der Waals surface area contributed by atoms with Crippen LogP contribution in [0.15, 0.2) is 24.5 Å². The van der Waals surface area contributed by atoms with Crippen LogP contribution in [0.1, 0.15) is 31.2 Å². The molecule has 2 N–H and O–H groups in total. The summed E-state index contributed by atoms with van der Waals surface area (Å²) in [5.74, 6) is -4.51. The minimum atomic E-state index is -5.08. The number of ether oxygens (including phenoxy) is 1. The molecule has 4 rings (SSSR count). The van der Waals surface area contributed by atoms with Crippen molar-refractivity contribution in [2.45, 2.75) is 50.2 Å². The molecule has 2 saturated heterocycles. The van der Waals surface area contributed by atoms with Crippen molar-refractivity contribution in [3.05, 3.63) is 30.1 Å². The standard InChI is InChI=1S/C18H27N3O.2C2HF3O2/c1-2-17(12-19-7-1)14-21-10-11-22-18(15-21)5-8-20(9-6-18)13-16-3-4-16;2*3-2(4,5)1(6)7/h1-2,7,12,16H,3-6,8-11,13-15H2;2*(H,6,7). The van der Waals surface area contributed by atoms with Crippen molar-refractivity contribution < 1.29 is 50.9 Å². The van der Waals surface area contributed by atoms with Crippen LogP contribution in [0.5, 0.6) is 0 Å². The van der Waals surface area contributed by atoms with E-state index < -0.39 is 24.3 Å². The average molecular weight is 529 g/mol. The number of hydrogen-bond donors (Lipinski definition) is 2. The van der Waals surface area contributed by atoms with Crippen molar-refractivity contribution in [1.29, 1.82) is 0 Å². The Bertz CT molecular complexity index is 817. The van der Waals surface area contributed by atoms with Crippen molar-refractivity contribution in [2.75, 3.05) is 39.3 Å². The molecule has 36 heavy (non-hydrogen) atoms. The molecule has 2 aliphatic heterocycles. The minimum absolute atomic E-state index is 0.112. The lowest BCUT2D eigenvalue weighted by Gasteiger charge is -2.47. The van der Waals surface area contributed by atoms with E-state index in [9.17, 15) is 26.3 Å². The normalized spacial score (nSPS) is 20.5. The zero-order chi connectivity index (χ0) is 27.0. The van der Waals surface area contributed by atoms with Crippen LogP contribution in [0, 0.1) is 5.92 Å². The highest BCUT2D eigenvalue weighted by atomic mass is 19.4. The molecule has 3 aliphatic rings. The lowest BCUT2D eigenvalue weighted by Crippen LogP contribution is -2.56. The average Bonchev–Trinajstić information content (AvgIpc) is 3.60. The van der Waals surface area contributed by atoms with E-state index in [4.69, 9.17) is 24.5 Å². The van der Waals surface area contributed by atoms with Crippen molar-refractivity contribution in [3.8, 4) is 0 Å². The highest BCUT2D eigenvalue weighted by Crippen LogP contribution is 2.34. The van der Waals surface area contributed by atoms with Crippen LogP contribution in [-0.4, -0.2) is 94.2 Å². The molecule has 1 saturated carbocycles. The molecule has 1 spiro atoms. The first-order chi connectivity index (χ1) is 16.7. The Kier molecular flexibility index (Phi) is 10.5. The summed E-state index contributed by atoms with van der Waals surface area (Å²) in [5.41, 5.74) is 1.42. The number of aliphatic carboxylic acids is 2. The number of halogens is 6. The van der Waals surface area contributed by atoms with Gasteiger partial charge in [-0.25, -0.2) is 9.59 Å². The SMILES string of the molecule is O=C(O)C(F)(F)F.O=C(O)C(F)(F)F.c1cncc(CN2CCOC3(CCN(CC4CC4)CC3)C2)c1. The molecule has 1 aromatic heterocycles. The third kappa shape index (κ3) is 10.7. The van der Waals surface area contributed by atoms with E-state index >= 15 is 0 Å². The maximum Gasteiger partial charge on any atom is 0.490 e. The van der Waals surface area contributed by atoms with Gasteiger partial charge in [0.15, 0.2) is 0 Å².